The number of hydrogen-bond donors (Lipinski definition) is 0. The topological polar surface area (TPSA) is 82.1 Å². The molecule has 0 spiro atoms. The minimum atomic E-state index is -0.783. The molecule has 0 saturated carbocycles. The van der Waals surface area contributed by atoms with Crippen molar-refractivity contribution < 1.29 is 28.6 Å². The summed E-state index contributed by atoms with van der Waals surface area (Å²) in [6.07, 6.45) is 38.5. The second kappa shape index (κ2) is 38.1. The van der Waals surface area contributed by atoms with Gasteiger partial charge in [0.25, 0.3) is 0 Å². The van der Waals surface area contributed by atoms with E-state index in [0.717, 1.165) is 70.8 Å². The van der Waals surface area contributed by atoms with Crippen LogP contribution in [-0.2, 0) is 28.6 Å². The number of esters is 3. The van der Waals surface area contributed by atoms with Crippen LogP contribution in [0.4, 0.5) is 0 Å². The van der Waals surface area contributed by atoms with Gasteiger partial charge in [-0.15, -0.1) is 0 Å². The molecule has 1 atom stereocenters. The van der Waals surface area contributed by atoms with Crippen molar-refractivity contribution in [3.05, 3.63) is 24.3 Å². The molecule has 0 aliphatic rings. The van der Waals surface area contributed by atoms with Crippen LogP contribution >= 0.6 is 0 Å². The lowest BCUT2D eigenvalue weighted by atomic mass is 10.0. The zero-order chi connectivity index (χ0) is 36.8. The molecule has 0 saturated heterocycles. The van der Waals surface area contributed by atoms with Crippen molar-refractivity contribution in [1.29, 1.82) is 0 Å². The Morgan fingerprint density at radius 2 is 0.860 bits per heavy atom. The van der Waals surface area contributed by atoms with Crippen LogP contribution in [0.25, 0.3) is 0 Å². The van der Waals surface area contributed by atoms with Crippen molar-refractivity contribution in [2.45, 2.75) is 200 Å². The van der Waals surface area contributed by atoms with Gasteiger partial charge in [0.1, 0.15) is 13.2 Å². The minimum absolute atomic E-state index is 0.0871. The Morgan fingerprint density at radius 3 is 1.34 bits per heavy atom. The van der Waals surface area contributed by atoms with Gasteiger partial charge in [0.2, 0.25) is 0 Å². The molecule has 0 rings (SSSR count). The van der Waals surface area contributed by atoms with Gasteiger partial charge in [0.05, 0.1) is 0 Å². The normalized spacial score (nSPS) is 12.3. The molecular formula is C43H79NO6. The smallest absolute Gasteiger partial charge is 0.306 e. The van der Waals surface area contributed by atoms with Crippen molar-refractivity contribution in [2.24, 2.45) is 0 Å². The third kappa shape index (κ3) is 37.1. The van der Waals surface area contributed by atoms with Gasteiger partial charge in [-0.05, 0) is 72.0 Å². The molecule has 292 valence electrons. The first-order valence-electron chi connectivity index (χ1n) is 20.8. The lowest BCUT2D eigenvalue weighted by Crippen LogP contribution is -2.31. The van der Waals surface area contributed by atoms with Crippen molar-refractivity contribution in [1.82, 2.24) is 4.90 Å². The highest BCUT2D eigenvalue weighted by molar-refractivity contribution is 5.71. The van der Waals surface area contributed by atoms with Gasteiger partial charge in [-0.2, -0.15) is 0 Å². The van der Waals surface area contributed by atoms with Crippen LogP contribution in [0.2, 0.25) is 0 Å². The molecule has 50 heavy (non-hydrogen) atoms. The van der Waals surface area contributed by atoms with Crippen LogP contribution in [0.3, 0.4) is 0 Å². The molecule has 0 fully saturated rings. The summed E-state index contributed by atoms with van der Waals surface area (Å²) in [7, 11) is 3.92. The number of rotatable bonds is 37. The summed E-state index contributed by atoms with van der Waals surface area (Å²) >= 11 is 0. The SMILES string of the molecule is CCCCC/C=C\C/C=C\CCCCCCCC(=O)O[C@H](COC(=O)CCCCCCCCCCCCCCC)COC(=O)CCCN(C)C. The Labute approximate surface area is 308 Å². The van der Waals surface area contributed by atoms with Crippen molar-refractivity contribution >= 4 is 17.9 Å². The number of carbonyl (C=O) groups is 3. The van der Waals surface area contributed by atoms with E-state index in [1.807, 2.05) is 19.0 Å². The average Bonchev–Trinajstić information content (AvgIpc) is 3.09. The zero-order valence-electron chi connectivity index (χ0n) is 33.2. The molecule has 0 amide bonds. The Kier molecular flexibility index (Phi) is 36.5. The summed E-state index contributed by atoms with van der Waals surface area (Å²) in [6, 6.07) is 0. The molecular weight excluding hydrogens is 626 g/mol. The third-order valence-corrected chi connectivity index (χ3v) is 8.96. The fourth-order valence-electron chi connectivity index (χ4n) is 5.78. The second-order valence-corrected chi connectivity index (χ2v) is 14.4. The number of nitrogens with zero attached hydrogens (tertiary/aromatic N) is 1. The molecule has 0 aromatic carbocycles. The lowest BCUT2D eigenvalue weighted by Gasteiger charge is -2.18. The number of unbranched alkanes of at least 4 members (excludes halogenated alkanes) is 20. The first kappa shape index (κ1) is 47.8. The van der Waals surface area contributed by atoms with Crippen LogP contribution in [-0.4, -0.2) is 62.8 Å². The maximum absolute atomic E-state index is 12.6. The minimum Gasteiger partial charge on any atom is -0.462 e. The van der Waals surface area contributed by atoms with Gasteiger partial charge in [-0.1, -0.05) is 147 Å². The maximum Gasteiger partial charge on any atom is 0.306 e. The number of carbonyl (C=O) groups excluding carboxylic acids is 3. The molecule has 0 bridgehead atoms. The summed E-state index contributed by atoms with van der Waals surface area (Å²) in [4.78, 5) is 39.3. The van der Waals surface area contributed by atoms with E-state index in [2.05, 4.69) is 38.2 Å². The number of ether oxygens (including phenoxy) is 3. The first-order valence-corrected chi connectivity index (χ1v) is 20.8. The molecule has 0 aliphatic carbocycles. The van der Waals surface area contributed by atoms with E-state index in [-0.39, 0.29) is 31.1 Å². The summed E-state index contributed by atoms with van der Waals surface area (Å²) < 4.78 is 16.5. The quantitative estimate of drug-likeness (QED) is 0.0275. The van der Waals surface area contributed by atoms with Crippen molar-refractivity contribution in [2.75, 3.05) is 33.9 Å². The maximum atomic E-state index is 12.6. The van der Waals surface area contributed by atoms with Gasteiger partial charge >= 0.3 is 17.9 Å². The molecule has 7 heteroatoms. The van der Waals surface area contributed by atoms with Crippen LogP contribution in [0, 0.1) is 0 Å². The fourth-order valence-corrected chi connectivity index (χ4v) is 5.78. The first-order chi connectivity index (χ1) is 24.4. The molecule has 0 N–H and O–H groups in total. The number of allylic oxidation sites excluding steroid dienone is 4. The van der Waals surface area contributed by atoms with E-state index >= 15 is 0 Å². The lowest BCUT2D eigenvalue weighted by molar-refractivity contribution is -0.167. The van der Waals surface area contributed by atoms with E-state index in [4.69, 9.17) is 14.2 Å². The second-order valence-electron chi connectivity index (χ2n) is 14.4. The van der Waals surface area contributed by atoms with Gasteiger partial charge in [0, 0.05) is 19.3 Å². The molecule has 0 radical (unpaired) electrons. The Morgan fingerprint density at radius 1 is 0.480 bits per heavy atom. The van der Waals surface area contributed by atoms with E-state index in [1.165, 1.54) is 89.9 Å². The van der Waals surface area contributed by atoms with Crippen LogP contribution in [0.5, 0.6) is 0 Å². The largest absolute Gasteiger partial charge is 0.462 e. The summed E-state index contributed by atoms with van der Waals surface area (Å²) in [5, 5.41) is 0. The van der Waals surface area contributed by atoms with E-state index in [1.54, 1.807) is 0 Å². The molecule has 0 aromatic rings. The highest BCUT2D eigenvalue weighted by atomic mass is 16.6. The third-order valence-electron chi connectivity index (χ3n) is 8.96. The monoisotopic (exact) mass is 706 g/mol. The highest BCUT2D eigenvalue weighted by Crippen LogP contribution is 2.14. The van der Waals surface area contributed by atoms with E-state index in [9.17, 15) is 14.4 Å². The van der Waals surface area contributed by atoms with Crippen molar-refractivity contribution in [3.63, 3.8) is 0 Å². The Hall–Kier alpha value is -2.15. The molecule has 0 unspecified atom stereocenters. The van der Waals surface area contributed by atoms with Crippen LogP contribution in [0.15, 0.2) is 24.3 Å². The standard InChI is InChI=1S/C43H79NO6/c1-5-7-9-11-13-15-17-19-20-22-24-26-28-30-32-35-43(47)50-40(39-49-42(46)36-33-37-44(3)4)38-48-41(45)34-31-29-27-25-23-21-18-16-14-12-10-8-6-2/h13,15,19-20,40H,5-12,14,16-18,21-39H2,1-4H3/b15-13-,20-19-/t40-/m1/s1. The summed E-state index contributed by atoms with van der Waals surface area (Å²) in [5.41, 5.74) is 0. The predicted molar refractivity (Wildman–Crippen MR) is 209 cm³/mol. The molecule has 7 nitrogen and oxygen atoms in total. The Balaban J connectivity index is 4.23. The molecule has 0 aliphatic heterocycles. The zero-order valence-corrected chi connectivity index (χ0v) is 33.2. The summed E-state index contributed by atoms with van der Waals surface area (Å²) in [5.74, 6) is -0.961. The van der Waals surface area contributed by atoms with Gasteiger partial charge in [-0.3, -0.25) is 14.4 Å². The van der Waals surface area contributed by atoms with Gasteiger partial charge < -0.3 is 19.1 Å². The van der Waals surface area contributed by atoms with E-state index in [0.29, 0.717) is 25.7 Å². The van der Waals surface area contributed by atoms with Gasteiger partial charge in [-0.25, -0.2) is 0 Å². The Bertz CT molecular complexity index is 839. The summed E-state index contributed by atoms with van der Waals surface area (Å²) in [6.45, 7) is 5.10. The predicted octanol–water partition coefficient (Wildman–Crippen LogP) is 11.6. The van der Waals surface area contributed by atoms with Gasteiger partial charge in [0.15, 0.2) is 6.10 Å². The van der Waals surface area contributed by atoms with E-state index < -0.39 is 6.10 Å². The number of hydrogen-bond acceptors (Lipinski definition) is 7. The van der Waals surface area contributed by atoms with Crippen molar-refractivity contribution in [3.8, 4) is 0 Å². The average molecular weight is 706 g/mol. The molecule has 0 heterocycles. The van der Waals surface area contributed by atoms with Crippen LogP contribution < -0.4 is 0 Å². The van der Waals surface area contributed by atoms with Crippen LogP contribution in [0.1, 0.15) is 194 Å². The highest BCUT2D eigenvalue weighted by Gasteiger charge is 2.19. The molecule has 0 aromatic heterocycles. The fraction of sp³-hybridized carbons (Fsp3) is 0.837.